The Kier molecular flexibility index (Phi) is 10.6. The first kappa shape index (κ1) is 34.2. The van der Waals surface area contributed by atoms with Crippen LogP contribution in [0, 0.1) is 0 Å². The molecule has 2 atom stereocenters. The summed E-state index contributed by atoms with van der Waals surface area (Å²) in [4.78, 5) is 1.34. The van der Waals surface area contributed by atoms with Crippen LogP contribution in [0.1, 0.15) is 55.9 Å². The van der Waals surface area contributed by atoms with E-state index in [0.29, 0.717) is 5.92 Å². The van der Waals surface area contributed by atoms with Gasteiger partial charge in [-0.1, -0.05) is 148 Å². The third-order valence-electron chi connectivity index (χ3n) is 9.76. The van der Waals surface area contributed by atoms with E-state index in [1.165, 1.54) is 81.7 Å². The van der Waals surface area contributed by atoms with Crippen molar-refractivity contribution in [2.24, 2.45) is 0 Å². The summed E-state index contributed by atoms with van der Waals surface area (Å²) in [5, 5.41) is 7.99. The second-order valence-electron chi connectivity index (χ2n) is 12.7. The van der Waals surface area contributed by atoms with Gasteiger partial charge in [-0.15, -0.1) is 6.58 Å². The summed E-state index contributed by atoms with van der Waals surface area (Å²) in [5.74, 6) is 4.78. The molecule has 0 heterocycles. The first-order chi connectivity index (χ1) is 24.0. The molecule has 7 aromatic carbocycles. The molecule has 8 rings (SSSR count). The Morgan fingerprint density at radius 3 is 1.90 bits per heavy atom. The molecule has 1 aliphatic carbocycles. The molecule has 246 valence electrons. The molecule has 1 heteroatoms. The van der Waals surface area contributed by atoms with Crippen molar-refractivity contribution in [1.82, 2.24) is 0 Å². The maximum atomic E-state index is 4.38. The van der Waals surface area contributed by atoms with E-state index in [1.807, 2.05) is 20.8 Å². The van der Waals surface area contributed by atoms with Crippen molar-refractivity contribution in [2.45, 2.75) is 57.8 Å². The van der Waals surface area contributed by atoms with E-state index in [0.717, 1.165) is 19.3 Å². The highest BCUT2D eigenvalue weighted by Crippen LogP contribution is 2.47. The van der Waals surface area contributed by atoms with E-state index in [4.69, 9.17) is 0 Å². The van der Waals surface area contributed by atoms with Crippen molar-refractivity contribution in [3.05, 3.63) is 162 Å². The lowest BCUT2D eigenvalue weighted by Gasteiger charge is -2.30. The molecule has 0 saturated carbocycles. The van der Waals surface area contributed by atoms with Gasteiger partial charge in [0.15, 0.2) is 0 Å². The Morgan fingerprint density at radius 1 is 0.673 bits per heavy atom. The van der Waals surface area contributed by atoms with E-state index in [2.05, 4.69) is 153 Å². The molecule has 7 aromatic rings. The van der Waals surface area contributed by atoms with E-state index < -0.39 is 0 Å². The fraction of sp³-hybridized carbons (Fsp3) is 0.188. The van der Waals surface area contributed by atoms with Crippen LogP contribution >= 0.6 is 10.5 Å². The minimum absolute atomic E-state index is 0.0285. The zero-order chi connectivity index (χ0) is 34.5. The molecule has 0 spiro atoms. The molecule has 0 saturated heterocycles. The Balaban J connectivity index is 0.000000792. The topological polar surface area (TPSA) is 0 Å². The van der Waals surface area contributed by atoms with Crippen molar-refractivity contribution >= 4 is 48.7 Å². The summed E-state index contributed by atoms with van der Waals surface area (Å²) in [6.07, 6.45) is 7.09. The summed E-state index contributed by atoms with van der Waals surface area (Å²) in [5.41, 5.74) is 11.3. The molecule has 0 aromatic heterocycles. The molecule has 49 heavy (non-hydrogen) atoms. The van der Waals surface area contributed by atoms with Gasteiger partial charge in [0, 0.05) is 4.90 Å². The minimum atomic E-state index is -0.0285. The fourth-order valence-corrected chi connectivity index (χ4v) is 8.21. The van der Waals surface area contributed by atoms with Crippen molar-refractivity contribution in [3.8, 4) is 22.3 Å². The molecule has 2 unspecified atom stereocenters. The fourth-order valence-electron chi connectivity index (χ4n) is 7.59. The minimum Gasteiger partial charge on any atom is -0.165 e. The van der Waals surface area contributed by atoms with Crippen LogP contribution in [0.5, 0.6) is 0 Å². The number of hydrogen-bond donors (Lipinski definition) is 0. The van der Waals surface area contributed by atoms with Gasteiger partial charge in [0.25, 0.3) is 0 Å². The van der Waals surface area contributed by atoms with Crippen molar-refractivity contribution in [2.75, 3.05) is 6.26 Å². The van der Waals surface area contributed by atoms with Gasteiger partial charge in [-0.2, -0.15) is 10.5 Å². The maximum Gasteiger partial charge on any atom is 0.00149 e. The Hall–Kier alpha value is -4.72. The van der Waals surface area contributed by atoms with Crippen LogP contribution in [0.2, 0.25) is 0 Å². The summed E-state index contributed by atoms with van der Waals surface area (Å²) < 4.78 is 0. The third kappa shape index (κ3) is 6.53. The van der Waals surface area contributed by atoms with Crippen molar-refractivity contribution in [1.29, 1.82) is 0 Å². The highest BCUT2D eigenvalue weighted by Gasteiger charge is 2.27. The SMILES string of the molecule is C=CC.C=S(C)c1ccc2c(c1)-c1cc(CC)ccc1CC2Cc1c2ccccc2c(-c2cccc3ccccc23)c2ccccc12.CC. The van der Waals surface area contributed by atoms with Crippen LogP contribution in [0.15, 0.2) is 145 Å². The summed E-state index contributed by atoms with van der Waals surface area (Å²) in [6.45, 7) is 11.5. The van der Waals surface area contributed by atoms with Gasteiger partial charge < -0.3 is 0 Å². The van der Waals surface area contributed by atoms with Crippen molar-refractivity contribution < 1.29 is 0 Å². The lowest BCUT2D eigenvalue weighted by molar-refractivity contribution is 0.677. The molecule has 1 aliphatic rings. The maximum absolute atomic E-state index is 4.38. The van der Waals surface area contributed by atoms with E-state index in [1.54, 1.807) is 6.08 Å². The Morgan fingerprint density at radius 2 is 1.27 bits per heavy atom. The second-order valence-corrected chi connectivity index (χ2v) is 14.5. The average Bonchev–Trinajstić information content (AvgIpc) is 3.15. The Bertz CT molecular complexity index is 2240. The molecule has 0 amide bonds. The average molecular weight is 657 g/mol. The lowest BCUT2D eigenvalue weighted by Crippen LogP contribution is -2.15. The number of rotatable bonds is 5. The monoisotopic (exact) mass is 656 g/mol. The lowest BCUT2D eigenvalue weighted by atomic mass is 9.74. The molecule has 0 fully saturated rings. The number of hydrogen-bond acceptors (Lipinski definition) is 0. The molecule has 0 aliphatic heterocycles. The highest BCUT2D eigenvalue weighted by atomic mass is 32.2. The first-order valence-corrected chi connectivity index (χ1v) is 19.5. The van der Waals surface area contributed by atoms with Gasteiger partial charge in [0.05, 0.1) is 0 Å². The highest BCUT2D eigenvalue weighted by molar-refractivity contribution is 8.13. The van der Waals surface area contributed by atoms with Crippen molar-refractivity contribution in [3.63, 3.8) is 0 Å². The number of aryl methyl sites for hydroxylation is 1. The van der Waals surface area contributed by atoms with Gasteiger partial charge in [0.1, 0.15) is 0 Å². The van der Waals surface area contributed by atoms with Crippen LogP contribution in [-0.4, -0.2) is 12.1 Å². The number of benzene rings is 7. The predicted molar refractivity (Wildman–Crippen MR) is 222 cm³/mol. The zero-order valence-electron chi connectivity index (χ0n) is 29.7. The summed E-state index contributed by atoms with van der Waals surface area (Å²) >= 11 is 0. The van der Waals surface area contributed by atoms with Crippen LogP contribution in [0.3, 0.4) is 0 Å². The molecule has 0 radical (unpaired) electrons. The van der Waals surface area contributed by atoms with E-state index in [-0.39, 0.29) is 10.5 Å². The van der Waals surface area contributed by atoms with Crippen LogP contribution in [0.25, 0.3) is 54.6 Å². The Labute approximate surface area is 296 Å². The number of allylic oxidation sites excluding steroid dienone is 1. The standard InChI is InChI=1S/C43H36S.C3H6.C2H6/c1-4-28-20-21-30-25-31(34-23-22-32(44(2)3)27-42(34)40(30)24-28)26-41-35-15-7-9-17-38(35)43(39-18-10-8-16-36(39)41)37-19-11-13-29-12-5-6-14-33(29)37;1-3-2;1-2/h5-24,27,31H,2,4,25-26H2,1,3H3;3H,1H2,2H3;1-2H3. The van der Waals surface area contributed by atoms with Gasteiger partial charge in [-0.05, 0) is 127 Å². The second kappa shape index (κ2) is 15.2. The smallest absolute Gasteiger partial charge is 0.00149 e. The van der Waals surface area contributed by atoms with Gasteiger partial charge in [0.2, 0.25) is 0 Å². The summed E-state index contributed by atoms with van der Waals surface area (Å²) in [7, 11) is -0.0285. The van der Waals surface area contributed by atoms with Crippen LogP contribution in [0.4, 0.5) is 0 Å². The predicted octanol–water partition coefficient (Wildman–Crippen LogP) is 13.8. The molecular weight excluding hydrogens is 609 g/mol. The van der Waals surface area contributed by atoms with Gasteiger partial charge >= 0.3 is 0 Å². The number of fused-ring (bicyclic) bond motifs is 6. The summed E-state index contributed by atoms with van der Waals surface area (Å²) in [6, 6.07) is 48.1. The van der Waals surface area contributed by atoms with Gasteiger partial charge in [-0.25, -0.2) is 0 Å². The largest absolute Gasteiger partial charge is 0.165 e. The molecular formula is C48H48S. The molecule has 0 nitrogen and oxygen atoms in total. The van der Waals surface area contributed by atoms with E-state index in [9.17, 15) is 0 Å². The third-order valence-corrected chi connectivity index (χ3v) is 10.8. The zero-order valence-corrected chi connectivity index (χ0v) is 30.5. The first-order valence-electron chi connectivity index (χ1n) is 17.7. The quantitative estimate of drug-likeness (QED) is 0.0982. The van der Waals surface area contributed by atoms with Crippen LogP contribution in [-0.2, 0) is 19.3 Å². The van der Waals surface area contributed by atoms with Crippen LogP contribution < -0.4 is 0 Å². The molecule has 0 bridgehead atoms. The van der Waals surface area contributed by atoms with Gasteiger partial charge in [-0.3, -0.25) is 0 Å². The normalized spacial score (nSPS) is 13.8. The molecule has 0 N–H and O–H groups in total. The van der Waals surface area contributed by atoms with E-state index >= 15 is 0 Å².